The second-order valence-corrected chi connectivity index (χ2v) is 8.01. The SMILES string of the molecule is Cc1ccc(C)c(S(=O)(=O)Nc2cccc(C(=O)N3CCOCC3)c2)c1. The Morgan fingerprint density at radius 2 is 1.81 bits per heavy atom. The summed E-state index contributed by atoms with van der Waals surface area (Å²) >= 11 is 0. The molecule has 26 heavy (non-hydrogen) atoms. The van der Waals surface area contributed by atoms with Crippen molar-refractivity contribution >= 4 is 21.6 Å². The minimum Gasteiger partial charge on any atom is -0.378 e. The van der Waals surface area contributed by atoms with Gasteiger partial charge in [-0.1, -0.05) is 18.2 Å². The van der Waals surface area contributed by atoms with E-state index in [0.717, 1.165) is 5.56 Å². The fourth-order valence-corrected chi connectivity index (χ4v) is 4.25. The van der Waals surface area contributed by atoms with Gasteiger partial charge in [-0.2, -0.15) is 0 Å². The van der Waals surface area contributed by atoms with Gasteiger partial charge in [0.15, 0.2) is 0 Å². The number of anilines is 1. The van der Waals surface area contributed by atoms with E-state index in [0.29, 0.717) is 43.1 Å². The third kappa shape index (κ3) is 4.05. The fraction of sp³-hybridized carbons (Fsp3) is 0.316. The molecule has 6 nitrogen and oxygen atoms in total. The number of morpholine rings is 1. The zero-order chi connectivity index (χ0) is 18.7. The van der Waals surface area contributed by atoms with Gasteiger partial charge in [-0.3, -0.25) is 9.52 Å². The van der Waals surface area contributed by atoms with Gasteiger partial charge in [0, 0.05) is 24.3 Å². The van der Waals surface area contributed by atoms with Crippen LogP contribution < -0.4 is 4.72 Å². The molecule has 1 fully saturated rings. The minimum absolute atomic E-state index is 0.124. The molecule has 1 N–H and O–H groups in total. The van der Waals surface area contributed by atoms with Gasteiger partial charge in [0.2, 0.25) is 0 Å². The van der Waals surface area contributed by atoms with Gasteiger partial charge >= 0.3 is 0 Å². The molecule has 3 rings (SSSR count). The highest BCUT2D eigenvalue weighted by molar-refractivity contribution is 7.92. The molecule has 1 aliphatic heterocycles. The van der Waals surface area contributed by atoms with E-state index in [1.165, 1.54) is 0 Å². The van der Waals surface area contributed by atoms with Crippen LogP contribution in [0.1, 0.15) is 21.5 Å². The topological polar surface area (TPSA) is 75.7 Å². The summed E-state index contributed by atoms with van der Waals surface area (Å²) in [6.45, 7) is 5.72. The van der Waals surface area contributed by atoms with E-state index in [1.807, 2.05) is 13.0 Å². The Morgan fingerprint density at radius 1 is 1.08 bits per heavy atom. The monoisotopic (exact) mass is 374 g/mol. The molecule has 1 aliphatic rings. The van der Waals surface area contributed by atoms with Gasteiger partial charge in [0.1, 0.15) is 0 Å². The summed E-state index contributed by atoms with van der Waals surface area (Å²) in [6.07, 6.45) is 0. The molecule has 1 amide bonds. The van der Waals surface area contributed by atoms with E-state index in [9.17, 15) is 13.2 Å². The van der Waals surface area contributed by atoms with Gasteiger partial charge in [0.25, 0.3) is 15.9 Å². The molecule has 1 heterocycles. The van der Waals surface area contributed by atoms with Crippen molar-refractivity contribution in [3.05, 3.63) is 59.2 Å². The van der Waals surface area contributed by atoms with Crippen LogP contribution in [0.3, 0.4) is 0 Å². The molecule has 0 aromatic heterocycles. The summed E-state index contributed by atoms with van der Waals surface area (Å²) < 4.78 is 33.3. The van der Waals surface area contributed by atoms with E-state index in [-0.39, 0.29) is 10.8 Å². The number of carbonyl (C=O) groups is 1. The summed E-state index contributed by atoms with van der Waals surface area (Å²) in [6, 6.07) is 11.9. The van der Waals surface area contributed by atoms with Crippen molar-refractivity contribution < 1.29 is 17.9 Å². The Kier molecular flexibility index (Phi) is 5.29. The van der Waals surface area contributed by atoms with Crippen molar-refractivity contribution in [3.63, 3.8) is 0 Å². The van der Waals surface area contributed by atoms with E-state index < -0.39 is 10.0 Å². The lowest BCUT2D eigenvalue weighted by molar-refractivity contribution is 0.0303. The molecule has 2 aromatic rings. The third-order valence-electron chi connectivity index (χ3n) is 4.29. The van der Waals surface area contributed by atoms with Crippen molar-refractivity contribution in [1.29, 1.82) is 0 Å². The first-order chi connectivity index (χ1) is 12.4. The minimum atomic E-state index is -3.73. The standard InChI is InChI=1S/C19H22N2O4S/c1-14-6-7-15(2)18(12-14)26(23,24)20-17-5-3-4-16(13-17)19(22)21-8-10-25-11-9-21/h3-7,12-13,20H,8-11H2,1-2H3. The summed E-state index contributed by atoms with van der Waals surface area (Å²) in [5.74, 6) is -0.124. The Labute approximate surface area is 153 Å². The molecule has 0 aliphatic carbocycles. The van der Waals surface area contributed by atoms with Gasteiger partial charge < -0.3 is 9.64 Å². The molecular formula is C19H22N2O4S. The van der Waals surface area contributed by atoms with Crippen molar-refractivity contribution in [2.75, 3.05) is 31.0 Å². The van der Waals surface area contributed by atoms with Gasteiger partial charge in [-0.25, -0.2) is 8.42 Å². The highest BCUT2D eigenvalue weighted by Crippen LogP contribution is 2.22. The molecule has 2 aromatic carbocycles. The molecule has 0 atom stereocenters. The smallest absolute Gasteiger partial charge is 0.262 e. The molecule has 0 radical (unpaired) electrons. The van der Waals surface area contributed by atoms with Crippen LogP contribution >= 0.6 is 0 Å². The lowest BCUT2D eigenvalue weighted by Crippen LogP contribution is -2.40. The molecule has 7 heteroatoms. The lowest BCUT2D eigenvalue weighted by atomic mass is 10.1. The zero-order valence-corrected chi connectivity index (χ0v) is 15.7. The van der Waals surface area contributed by atoms with Crippen molar-refractivity contribution in [2.45, 2.75) is 18.7 Å². The maximum absolute atomic E-state index is 12.7. The first kappa shape index (κ1) is 18.4. The molecule has 0 unspecified atom stereocenters. The largest absolute Gasteiger partial charge is 0.378 e. The van der Waals surface area contributed by atoms with Gasteiger partial charge in [0.05, 0.1) is 18.1 Å². The Morgan fingerprint density at radius 3 is 2.54 bits per heavy atom. The Bertz CT molecular complexity index is 919. The first-order valence-electron chi connectivity index (χ1n) is 8.44. The van der Waals surface area contributed by atoms with Crippen LogP contribution in [0.15, 0.2) is 47.4 Å². The summed E-state index contributed by atoms with van der Waals surface area (Å²) in [5, 5.41) is 0. The lowest BCUT2D eigenvalue weighted by Gasteiger charge is -2.27. The van der Waals surface area contributed by atoms with Crippen LogP contribution in [0.5, 0.6) is 0 Å². The third-order valence-corrected chi connectivity index (χ3v) is 5.82. The maximum atomic E-state index is 12.7. The second kappa shape index (κ2) is 7.47. The van der Waals surface area contributed by atoms with E-state index >= 15 is 0 Å². The first-order valence-corrected chi connectivity index (χ1v) is 9.92. The number of sulfonamides is 1. The van der Waals surface area contributed by atoms with E-state index in [2.05, 4.69) is 4.72 Å². The fourth-order valence-electron chi connectivity index (χ4n) is 2.87. The quantitative estimate of drug-likeness (QED) is 0.892. The number of nitrogens with one attached hydrogen (secondary N) is 1. The van der Waals surface area contributed by atoms with Crippen molar-refractivity contribution in [3.8, 4) is 0 Å². The molecule has 0 spiro atoms. The molecule has 0 bridgehead atoms. The number of rotatable bonds is 4. The average Bonchev–Trinajstić information content (AvgIpc) is 2.63. The number of carbonyl (C=O) groups excluding carboxylic acids is 1. The molecule has 0 saturated carbocycles. The van der Waals surface area contributed by atoms with Crippen LogP contribution in [0.2, 0.25) is 0 Å². The number of aryl methyl sites for hydroxylation is 2. The van der Waals surface area contributed by atoms with Crippen LogP contribution in [0.4, 0.5) is 5.69 Å². The highest BCUT2D eigenvalue weighted by atomic mass is 32.2. The predicted octanol–water partition coefficient (Wildman–Crippen LogP) is 2.58. The second-order valence-electron chi connectivity index (χ2n) is 6.36. The van der Waals surface area contributed by atoms with Crippen LogP contribution in [0, 0.1) is 13.8 Å². The van der Waals surface area contributed by atoms with Crippen LogP contribution in [-0.2, 0) is 14.8 Å². The van der Waals surface area contributed by atoms with Crippen molar-refractivity contribution in [2.24, 2.45) is 0 Å². The number of benzene rings is 2. The number of ether oxygens (including phenoxy) is 1. The maximum Gasteiger partial charge on any atom is 0.262 e. The molecule has 138 valence electrons. The normalized spacial score (nSPS) is 14.9. The Balaban J connectivity index is 1.84. The van der Waals surface area contributed by atoms with E-state index in [4.69, 9.17) is 4.74 Å². The number of hydrogen-bond acceptors (Lipinski definition) is 4. The van der Waals surface area contributed by atoms with E-state index in [1.54, 1.807) is 48.2 Å². The van der Waals surface area contributed by atoms with Crippen molar-refractivity contribution in [1.82, 2.24) is 4.90 Å². The number of nitrogens with zero attached hydrogens (tertiary/aromatic N) is 1. The number of amides is 1. The van der Waals surface area contributed by atoms with Crippen LogP contribution in [0.25, 0.3) is 0 Å². The van der Waals surface area contributed by atoms with Gasteiger partial charge in [-0.15, -0.1) is 0 Å². The zero-order valence-electron chi connectivity index (χ0n) is 14.9. The molecule has 1 saturated heterocycles. The summed E-state index contributed by atoms with van der Waals surface area (Å²) in [4.78, 5) is 14.5. The predicted molar refractivity (Wildman–Crippen MR) is 99.9 cm³/mol. The summed E-state index contributed by atoms with van der Waals surface area (Å²) in [5.41, 5.74) is 2.36. The summed E-state index contributed by atoms with van der Waals surface area (Å²) in [7, 11) is -3.73. The number of hydrogen-bond donors (Lipinski definition) is 1. The highest BCUT2D eigenvalue weighted by Gasteiger charge is 2.20. The molecular weight excluding hydrogens is 352 g/mol. The average molecular weight is 374 g/mol. The Hall–Kier alpha value is -2.38. The van der Waals surface area contributed by atoms with Crippen LogP contribution in [-0.4, -0.2) is 45.5 Å². The van der Waals surface area contributed by atoms with Gasteiger partial charge in [-0.05, 0) is 49.2 Å².